The summed E-state index contributed by atoms with van der Waals surface area (Å²) in [5.41, 5.74) is -6.11. The second-order valence-electron chi connectivity index (χ2n) is 19.2. The van der Waals surface area contributed by atoms with Gasteiger partial charge in [-0.2, -0.15) is 0 Å². The monoisotopic (exact) mass is 1350 g/mol. The van der Waals surface area contributed by atoms with E-state index in [1.165, 1.54) is 34.4 Å². The minimum atomic E-state index is -4.77. The molecule has 16 atom stereocenters. The van der Waals surface area contributed by atoms with Gasteiger partial charge in [0.1, 0.15) is 97.7 Å². The van der Waals surface area contributed by atoms with E-state index in [1.807, 2.05) is 9.97 Å². The van der Waals surface area contributed by atoms with Crippen LogP contribution >= 0.6 is 31.3 Å². The third-order valence-electron chi connectivity index (χ3n) is 13.0. The minimum absolute atomic E-state index is 0.0696. The van der Waals surface area contributed by atoms with E-state index in [4.69, 9.17) is 58.1 Å². The minimum Gasteiger partial charge on any atom is -0.387 e. The largest absolute Gasteiger partial charge is 0.469 e. The molecule has 0 aliphatic carbocycles. The summed E-state index contributed by atoms with van der Waals surface area (Å²) in [6.45, 7) is -2.71. The van der Waals surface area contributed by atoms with Gasteiger partial charge in [0.05, 0.1) is 48.7 Å². The lowest BCUT2D eigenvalue weighted by Crippen LogP contribution is -2.40. The molecule has 8 heterocycles. The van der Waals surface area contributed by atoms with Gasteiger partial charge in [-0.1, -0.05) is 0 Å². The number of nitrogens with one attached hydrogen (secondary N) is 4. The molecule has 4 aliphatic rings. The molecule has 4 aliphatic heterocycles. The van der Waals surface area contributed by atoms with Crippen LogP contribution in [0.2, 0.25) is 0 Å². The van der Waals surface area contributed by atoms with Gasteiger partial charge in [-0.3, -0.25) is 56.4 Å². The molecule has 496 valence electrons. The number of aliphatic hydroxyl groups excluding tert-OH is 8. The fourth-order valence-electron chi connectivity index (χ4n) is 8.49. The molecule has 4 saturated heterocycles. The molecule has 4 unspecified atom stereocenters. The van der Waals surface area contributed by atoms with Crippen LogP contribution in [0.15, 0.2) is 63.1 Å². The van der Waals surface area contributed by atoms with E-state index in [1.54, 1.807) is 0 Å². The van der Waals surface area contributed by atoms with Gasteiger partial charge in [0.2, 0.25) is 0 Å². The fraction of sp³-hybridized carbons (Fsp3) is 0.600. The Labute approximate surface area is 486 Å². The van der Waals surface area contributed by atoms with Crippen molar-refractivity contribution in [1.29, 1.82) is 0 Å². The van der Waals surface area contributed by atoms with Crippen molar-refractivity contribution >= 4 is 31.3 Å². The number of hydrogen-bond acceptors (Lipinski definition) is 28. The van der Waals surface area contributed by atoms with E-state index in [9.17, 15) is 97.5 Å². The average molecular weight is 1350 g/mol. The van der Waals surface area contributed by atoms with Crippen molar-refractivity contribution in [3.8, 4) is 0 Å². The second-order valence-corrected chi connectivity index (χ2v) is 24.1. The van der Waals surface area contributed by atoms with E-state index in [0.717, 1.165) is 36.9 Å². The van der Waals surface area contributed by atoms with Crippen molar-refractivity contribution in [3.05, 3.63) is 130 Å². The number of phosphoric acid groups is 4. The van der Waals surface area contributed by atoms with Crippen molar-refractivity contribution in [2.24, 2.45) is 28.2 Å². The molecule has 48 heteroatoms. The number of aryl methyl sites for hydroxylation is 2. The van der Waals surface area contributed by atoms with Gasteiger partial charge in [0.15, 0.2) is 0 Å². The van der Waals surface area contributed by atoms with E-state index < -0.39 is 200 Å². The van der Waals surface area contributed by atoms with Crippen LogP contribution in [0.5, 0.6) is 0 Å². The Morgan fingerprint density at radius 3 is 1.10 bits per heavy atom. The Balaban J connectivity index is 0.000000214. The maximum Gasteiger partial charge on any atom is 0.469 e. The number of nitrogens with zero attached hydrogens (tertiary/aromatic N) is 4. The molecule has 0 saturated carbocycles. The molecule has 0 bridgehead atoms. The summed E-state index contributed by atoms with van der Waals surface area (Å²) < 4.78 is 84.1. The van der Waals surface area contributed by atoms with Crippen LogP contribution in [0.4, 0.5) is 0 Å². The maximum atomic E-state index is 12.1. The van der Waals surface area contributed by atoms with E-state index >= 15 is 0 Å². The zero-order chi connectivity index (χ0) is 66.6. The Morgan fingerprint density at radius 2 is 0.727 bits per heavy atom. The van der Waals surface area contributed by atoms with Crippen LogP contribution in [0, 0.1) is 0 Å². The molecular formula is C40H60N8O36P4. The molecule has 4 fully saturated rings. The summed E-state index contributed by atoms with van der Waals surface area (Å²) in [5, 5.41) is 79.0. The quantitative estimate of drug-likeness (QED) is 0.0463. The predicted octanol–water partition coefficient (Wildman–Crippen LogP) is -10.6. The predicted molar refractivity (Wildman–Crippen MR) is 280 cm³/mol. The summed E-state index contributed by atoms with van der Waals surface area (Å²) in [5.74, 6) is 0. The fourth-order valence-corrected chi connectivity index (χ4v) is 9.86. The van der Waals surface area contributed by atoms with Crippen LogP contribution in [-0.2, 0) is 83.5 Å². The van der Waals surface area contributed by atoms with Gasteiger partial charge in [0.25, 0.3) is 22.2 Å². The van der Waals surface area contributed by atoms with Gasteiger partial charge in [-0.25, -0.2) is 37.4 Å². The first-order valence-electron chi connectivity index (χ1n) is 24.5. The summed E-state index contributed by atoms with van der Waals surface area (Å²) >= 11 is 0. The lowest BCUT2D eigenvalue weighted by molar-refractivity contribution is -0.0230. The third-order valence-corrected chi connectivity index (χ3v) is 14.9. The number of aromatic amines is 4. The Hall–Kier alpha value is -5.32. The molecule has 0 radical (unpaired) electrons. The van der Waals surface area contributed by atoms with Gasteiger partial charge in [-0.05, 0) is 0 Å². The summed E-state index contributed by atoms with van der Waals surface area (Å²) in [6.07, 6.45) is -17.8. The molecule has 88 heavy (non-hydrogen) atoms. The number of aliphatic hydroxyl groups is 8. The van der Waals surface area contributed by atoms with Crippen LogP contribution in [0.25, 0.3) is 0 Å². The van der Waals surface area contributed by atoms with Gasteiger partial charge in [0, 0.05) is 53.0 Å². The highest BCUT2D eigenvalue weighted by atomic mass is 31.2. The number of aromatic nitrogens is 8. The Bertz CT molecular complexity index is 3750. The first-order valence-corrected chi connectivity index (χ1v) is 30.6. The lowest BCUT2D eigenvalue weighted by atomic mass is 10.0. The second kappa shape index (κ2) is 29.3. The standard InChI is InChI=1S/C11H17N2O9P.2C10H15N2O9P.C9H13N2O9P/c1-12-3-5(10(16)13(2)11(12)17)9-8(15)7(14)6(22-9)4-21-23(18,19)20;1-12-2-4(9(15)11-10(12)16)8-7(14)6(13)5(21-8)3-20-22(17,18)19;1-12-9(15)4(2-11-10(12)16)8-7(14)6(13)5(21-8)3-20-22(17,18)19;12-5-4(2-19-21(16,17)18)20-7(6(5)13)3-1-10-9(15)11-8(3)14/h3,6-9,14-15H,4H2,1-2H3,(H2,18,19,20);2,5-8,13-14H,3H2,1H3,(H,11,15,16)(H2,17,18,19);2,5-8,13-14H,3H2,1H3,(H,11,16)(H2,17,18,19);1,4-7,12-13H,2H2,(H2,16,17,18)(H2,10,11,14,15)/t6-,7-,8?,9+;2*5-,6-,7?,8+;4-,5-,6?,7+/m1111/s1. The molecule has 20 N–H and O–H groups in total. The van der Waals surface area contributed by atoms with Gasteiger partial charge in [-0.15, -0.1) is 0 Å². The molecule has 4 aromatic rings. The third kappa shape index (κ3) is 18.9. The van der Waals surface area contributed by atoms with Gasteiger partial charge >= 0.3 is 54.0 Å². The van der Waals surface area contributed by atoms with Crippen molar-refractivity contribution in [2.45, 2.75) is 97.7 Å². The van der Waals surface area contributed by atoms with Crippen LogP contribution in [-0.4, -0.2) is 218 Å². The van der Waals surface area contributed by atoms with Gasteiger partial charge < -0.3 is 118 Å². The van der Waals surface area contributed by atoms with E-state index in [0.29, 0.717) is 0 Å². The summed E-state index contributed by atoms with van der Waals surface area (Å²) in [6, 6.07) is 0. The Morgan fingerprint density at radius 1 is 0.409 bits per heavy atom. The topological polar surface area (TPSA) is 685 Å². The SMILES string of the molecule is Cn1c(=O)[nH]cc([C@@H]2O[C@H](COP(=O)(O)O)[C@@H](O)C2O)c1=O.Cn1cc([C@@H]2O[C@H](COP(=O)(O)O)[C@@H](O)C2O)c(=O)[nH]c1=O.Cn1cc([C@@H]2O[C@H](COP(=O)(O)O)[C@@H](O)C2O)c(=O)n(C)c1=O.O=c1[nH]cc([C@@H]2O[C@H](COP(=O)(O)O)[C@@H](O)C2O)c(=O)[nH]1. The van der Waals surface area contributed by atoms with Crippen molar-refractivity contribution in [1.82, 2.24) is 38.2 Å². The van der Waals surface area contributed by atoms with Crippen LogP contribution in [0.3, 0.4) is 0 Å². The Kier molecular flexibility index (Phi) is 24.5. The number of ether oxygens (including phenoxy) is 4. The molecule has 4 aromatic heterocycles. The molecule has 0 spiro atoms. The maximum absolute atomic E-state index is 12.1. The zero-order valence-electron chi connectivity index (χ0n) is 45.3. The van der Waals surface area contributed by atoms with E-state index in [-0.39, 0.29) is 22.3 Å². The molecule has 44 nitrogen and oxygen atoms in total. The lowest BCUT2D eigenvalue weighted by Gasteiger charge is -2.16. The number of hydrogen-bond donors (Lipinski definition) is 20. The first kappa shape index (κ1) is 73.4. The summed E-state index contributed by atoms with van der Waals surface area (Å²) in [4.78, 5) is 170. The molecular weight excluding hydrogens is 1290 g/mol. The number of H-pyrrole nitrogens is 4. The number of rotatable bonds is 16. The number of phosphoric ester groups is 4. The molecule has 0 amide bonds. The highest BCUT2D eigenvalue weighted by Crippen LogP contribution is 2.42. The average Bonchev–Trinajstić information content (AvgIpc) is 1.88. The van der Waals surface area contributed by atoms with Crippen LogP contribution in [0.1, 0.15) is 46.7 Å². The van der Waals surface area contributed by atoms with E-state index in [2.05, 4.69) is 28.1 Å². The summed E-state index contributed by atoms with van der Waals surface area (Å²) in [7, 11) is -13.8. The molecule has 0 aromatic carbocycles. The highest BCUT2D eigenvalue weighted by Gasteiger charge is 2.49. The van der Waals surface area contributed by atoms with Crippen molar-refractivity contribution < 1.29 is 135 Å². The first-order chi connectivity index (χ1) is 40.4. The van der Waals surface area contributed by atoms with Crippen molar-refractivity contribution in [2.75, 3.05) is 26.4 Å². The van der Waals surface area contributed by atoms with Crippen LogP contribution < -0.4 is 45.0 Å². The highest BCUT2D eigenvalue weighted by molar-refractivity contribution is 7.47. The molecule has 8 rings (SSSR count). The smallest absolute Gasteiger partial charge is 0.387 e. The zero-order valence-corrected chi connectivity index (χ0v) is 48.9. The normalized spacial score (nSPS) is 29.0. The van der Waals surface area contributed by atoms with Crippen molar-refractivity contribution in [3.63, 3.8) is 0 Å².